The third-order valence-electron chi connectivity index (χ3n) is 3.82. The highest BCUT2D eigenvalue weighted by Gasteiger charge is 2.41. The Balaban J connectivity index is 1.99. The van der Waals surface area contributed by atoms with Crippen molar-refractivity contribution in [3.8, 4) is 0 Å². The highest BCUT2D eigenvalue weighted by atomic mass is 16.6. The summed E-state index contributed by atoms with van der Waals surface area (Å²) in [6, 6.07) is 0.891. The molecule has 3 atom stereocenters. The quantitative estimate of drug-likeness (QED) is 0.704. The Morgan fingerprint density at radius 1 is 1.35 bits per heavy atom. The summed E-state index contributed by atoms with van der Waals surface area (Å²) < 4.78 is 5.46. The summed E-state index contributed by atoms with van der Waals surface area (Å²) in [7, 11) is 0. The molecule has 0 radical (unpaired) electrons. The monoisotopic (exact) mass is 240 g/mol. The van der Waals surface area contributed by atoms with Gasteiger partial charge in [-0.2, -0.15) is 0 Å². The fraction of sp³-hybridized carbons (Fsp3) is 0.923. The van der Waals surface area contributed by atoms with Crippen LogP contribution in [0.25, 0.3) is 0 Å². The number of ether oxygens (including phenoxy) is 1. The number of hydrogen-bond donors (Lipinski definition) is 1. The van der Waals surface area contributed by atoms with E-state index in [1.165, 1.54) is 6.42 Å². The molecule has 1 N–H and O–H groups in total. The Morgan fingerprint density at radius 3 is 2.71 bits per heavy atom. The van der Waals surface area contributed by atoms with Gasteiger partial charge in [0, 0.05) is 18.6 Å². The van der Waals surface area contributed by atoms with Crippen LogP contribution in [-0.4, -0.2) is 41.8 Å². The zero-order chi connectivity index (χ0) is 12.6. The van der Waals surface area contributed by atoms with E-state index in [-0.39, 0.29) is 6.09 Å². The fourth-order valence-electron chi connectivity index (χ4n) is 2.97. The van der Waals surface area contributed by atoms with Crippen LogP contribution in [0.4, 0.5) is 4.79 Å². The van der Waals surface area contributed by atoms with E-state index >= 15 is 0 Å². The van der Waals surface area contributed by atoms with E-state index in [0.717, 1.165) is 19.5 Å². The minimum Gasteiger partial charge on any atom is -0.444 e. The zero-order valence-electron chi connectivity index (χ0n) is 11.3. The summed E-state index contributed by atoms with van der Waals surface area (Å²) in [4.78, 5) is 14.0. The Morgan fingerprint density at radius 2 is 2.06 bits per heavy atom. The number of nitrogens with one attached hydrogen (secondary N) is 1. The molecule has 2 rings (SSSR count). The van der Waals surface area contributed by atoms with Crippen molar-refractivity contribution in [3.63, 3.8) is 0 Å². The fourth-order valence-corrected chi connectivity index (χ4v) is 2.97. The predicted octanol–water partition coefficient (Wildman–Crippen LogP) is 1.99. The lowest BCUT2D eigenvalue weighted by Crippen LogP contribution is -2.53. The maximum atomic E-state index is 12.1. The second kappa shape index (κ2) is 4.48. The molecule has 0 saturated carbocycles. The summed E-state index contributed by atoms with van der Waals surface area (Å²) in [5, 5.41) is 3.52. The van der Waals surface area contributed by atoms with Gasteiger partial charge < -0.3 is 15.0 Å². The molecule has 0 aromatic carbocycles. The smallest absolute Gasteiger partial charge is 0.410 e. The van der Waals surface area contributed by atoms with Gasteiger partial charge in [0.15, 0.2) is 0 Å². The van der Waals surface area contributed by atoms with Crippen molar-refractivity contribution in [1.82, 2.24) is 10.2 Å². The number of amides is 1. The first kappa shape index (κ1) is 12.7. The molecule has 0 aliphatic carbocycles. The standard InChI is InChI=1S/C13H24N2O2/c1-9-10-5-7-14-11(10)6-8-15(9)12(16)17-13(2,3)4/h9-11,14H,5-8H2,1-4H3. The van der Waals surface area contributed by atoms with Crippen LogP contribution >= 0.6 is 0 Å². The second-order valence-electron chi connectivity index (χ2n) is 6.22. The number of rotatable bonds is 0. The number of fused-ring (bicyclic) bond motifs is 1. The molecule has 2 saturated heterocycles. The molecule has 17 heavy (non-hydrogen) atoms. The van der Waals surface area contributed by atoms with Gasteiger partial charge in [-0.05, 0) is 53.0 Å². The predicted molar refractivity (Wildman–Crippen MR) is 66.9 cm³/mol. The third kappa shape index (κ3) is 2.73. The Kier molecular flexibility index (Phi) is 3.34. The van der Waals surface area contributed by atoms with Gasteiger partial charge in [-0.3, -0.25) is 0 Å². The van der Waals surface area contributed by atoms with Gasteiger partial charge >= 0.3 is 6.09 Å². The van der Waals surface area contributed by atoms with E-state index in [4.69, 9.17) is 4.74 Å². The van der Waals surface area contributed by atoms with Crippen molar-refractivity contribution < 1.29 is 9.53 Å². The van der Waals surface area contributed by atoms with Gasteiger partial charge in [-0.1, -0.05) is 0 Å². The van der Waals surface area contributed by atoms with Crippen molar-refractivity contribution in [2.24, 2.45) is 5.92 Å². The van der Waals surface area contributed by atoms with Crippen molar-refractivity contribution in [3.05, 3.63) is 0 Å². The summed E-state index contributed by atoms with van der Waals surface area (Å²) in [6.45, 7) is 9.79. The molecule has 0 aromatic rings. The molecule has 1 amide bonds. The molecular weight excluding hydrogens is 216 g/mol. The van der Waals surface area contributed by atoms with Crippen molar-refractivity contribution >= 4 is 6.09 Å². The van der Waals surface area contributed by atoms with Crippen LogP contribution < -0.4 is 5.32 Å². The maximum Gasteiger partial charge on any atom is 0.410 e. The van der Waals surface area contributed by atoms with E-state index in [0.29, 0.717) is 18.0 Å². The number of nitrogens with zero attached hydrogens (tertiary/aromatic N) is 1. The van der Waals surface area contributed by atoms with Gasteiger partial charge in [-0.15, -0.1) is 0 Å². The van der Waals surface area contributed by atoms with E-state index in [2.05, 4.69) is 12.2 Å². The second-order valence-corrected chi connectivity index (χ2v) is 6.22. The number of piperidine rings is 1. The summed E-state index contributed by atoms with van der Waals surface area (Å²) in [5.41, 5.74) is -0.401. The molecule has 0 bridgehead atoms. The minimum atomic E-state index is -0.401. The Hall–Kier alpha value is -0.770. The van der Waals surface area contributed by atoms with Crippen molar-refractivity contribution in [2.75, 3.05) is 13.1 Å². The van der Waals surface area contributed by atoms with Gasteiger partial charge in [0.05, 0.1) is 0 Å². The molecule has 4 nitrogen and oxygen atoms in total. The van der Waals surface area contributed by atoms with E-state index in [9.17, 15) is 4.79 Å². The highest BCUT2D eigenvalue weighted by molar-refractivity contribution is 5.68. The Bertz CT molecular complexity index is 298. The van der Waals surface area contributed by atoms with Gasteiger partial charge in [0.2, 0.25) is 0 Å². The van der Waals surface area contributed by atoms with Crippen LogP contribution in [0.1, 0.15) is 40.5 Å². The van der Waals surface area contributed by atoms with Gasteiger partial charge in [0.1, 0.15) is 5.60 Å². The lowest BCUT2D eigenvalue weighted by Gasteiger charge is -2.41. The zero-order valence-corrected chi connectivity index (χ0v) is 11.3. The topological polar surface area (TPSA) is 41.6 Å². The molecule has 98 valence electrons. The molecular formula is C13H24N2O2. The normalized spacial score (nSPS) is 33.4. The highest BCUT2D eigenvalue weighted by Crippen LogP contribution is 2.31. The minimum absolute atomic E-state index is 0.157. The molecule has 2 aliphatic rings. The molecule has 2 aliphatic heterocycles. The maximum absolute atomic E-state index is 12.1. The van der Waals surface area contributed by atoms with E-state index in [1.54, 1.807) is 0 Å². The van der Waals surface area contributed by atoms with Crippen LogP contribution in [0.2, 0.25) is 0 Å². The van der Waals surface area contributed by atoms with E-state index in [1.807, 2.05) is 25.7 Å². The molecule has 0 aromatic heterocycles. The largest absolute Gasteiger partial charge is 0.444 e. The average Bonchev–Trinajstić information content (AvgIpc) is 2.63. The Labute approximate surface area is 104 Å². The molecule has 3 unspecified atom stereocenters. The van der Waals surface area contributed by atoms with Crippen molar-refractivity contribution in [1.29, 1.82) is 0 Å². The van der Waals surface area contributed by atoms with Crippen LogP contribution in [0, 0.1) is 5.92 Å². The van der Waals surface area contributed by atoms with Gasteiger partial charge in [0.25, 0.3) is 0 Å². The first-order chi connectivity index (χ1) is 7.88. The first-order valence-electron chi connectivity index (χ1n) is 6.61. The SMILES string of the molecule is CC1C2CCNC2CCN1C(=O)OC(C)(C)C. The summed E-state index contributed by atoms with van der Waals surface area (Å²) in [5.74, 6) is 0.594. The summed E-state index contributed by atoms with van der Waals surface area (Å²) in [6.07, 6.45) is 2.06. The van der Waals surface area contributed by atoms with Crippen LogP contribution in [0.5, 0.6) is 0 Å². The van der Waals surface area contributed by atoms with E-state index < -0.39 is 5.60 Å². The number of carbonyl (C=O) groups excluding carboxylic acids is 1. The van der Waals surface area contributed by atoms with Crippen molar-refractivity contribution in [2.45, 2.75) is 58.2 Å². The van der Waals surface area contributed by atoms with Crippen LogP contribution in [0.3, 0.4) is 0 Å². The lowest BCUT2D eigenvalue weighted by atomic mass is 9.86. The number of carbonyl (C=O) groups is 1. The van der Waals surface area contributed by atoms with Crippen LogP contribution in [0.15, 0.2) is 0 Å². The van der Waals surface area contributed by atoms with Gasteiger partial charge in [-0.25, -0.2) is 4.79 Å². The molecule has 4 heteroatoms. The molecule has 2 fully saturated rings. The first-order valence-corrected chi connectivity index (χ1v) is 6.61. The number of likely N-dealkylation sites (tertiary alicyclic amines) is 1. The lowest BCUT2D eigenvalue weighted by molar-refractivity contribution is 0.00171. The third-order valence-corrected chi connectivity index (χ3v) is 3.82. The number of hydrogen-bond acceptors (Lipinski definition) is 3. The molecule has 2 heterocycles. The van der Waals surface area contributed by atoms with Crippen LogP contribution in [-0.2, 0) is 4.74 Å². The average molecular weight is 240 g/mol. The molecule has 0 spiro atoms. The summed E-state index contributed by atoms with van der Waals surface area (Å²) >= 11 is 0.